The van der Waals surface area contributed by atoms with Crippen LogP contribution in [0.4, 0.5) is 4.39 Å². The molecule has 1 saturated heterocycles. The van der Waals surface area contributed by atoms with Crippen molar-refractivity contribution in [2.24, 2.45) is 0 Å². The first-order valence-electron chi connectivity index (χ1n) is 9.16. The highest BCUT2D eigenvalue weighted by molar-refractivity contribution is 6.46. The van der Waals surface area contributed by atoms with Crippen LogP contribution >= 0.6 is 0 Å². The monoisotopic (exact) mass is 387 g/mol. The minimum atomic E-state index is -0.774. The van der Waals surface area contributed by atoms with Crippen molar-refractivity contribution < 1.29 is 19.1 Å². The van der Waals surface area contributed by atoms with E-state index < -0.39 is 23.5 Å². The Bertz CT molecular complexity index is 1160. The number of aliphatic hydroxyl groups is 1. The maximum absolute atomic E-state index is 13.3. The van der Waals surface area contributed by atoms with Crippen LogP contribution in [0.25, 0.3) is 16.5 Å². The van der Waals surface area contributed by atoms with Gasteiger partial charge < -0.3 is 10.0 Å². The van der Waals surface area contributed by atoms with Gasteiger partial charge >= 0.3 is 0 Å². The molecule has 1 unspecified atom stereocenters. The SMILES string of the molecule is C=CCN1C(=O)C(=O)/C(=C(\O)c2ccc(F)cc2)C1c1cccc2ccccc12. The lowest BCUT2D eigenvalue weighted by Crippen LogP contribution is -2.29. The molecule has 0 radical (unpaired) electrons. The maximum atomic E-state index is 13.3. The van der Waals surface area contributed by atoms with Gasteiger partial charge in [0, 0.05) is 12.1 Å². The van der Waals surface area contributed by atoms with E-state index >= 15 is 0 Å². The number of carbonyl (C=O) groups excluding carboxylic acids is 2. The minimum absolute atomic E-state index is 0.0141. The van der Waals surface area contributed by atoms with Crippen molar-refractivity contribution in [3.8, 4) is 0 Å². The summed E-state index contributed by atoms with van der Waals surface area (Å²) in [6, 6.07) is 17.7. The van der Waals surface area contributed by atoms with Crippen molar-refractivity contribution in [1.29, 1.82) is 0 Å². The molecular formula is C24H18FNO3. The summed E-state index contributed by atoms with van der Waals surface area (Å²) >= 11 is 0. The topological polar surface area (TPSA) is 57.6 Å². The minimum Gasteiger partial charge on any atom is -0.507 e. The molecule has 5 heteroatoms. The summed E-state index contributed by atoms with van der Waals surface area (Å²) in [6.45, 7) is 3.84. The maximum Gasteiger partial charge on any atom is 0.295 e. The van der Waals surface area contributed by atoms with Gasteiger partial charge in [0.15, 0.2) is 0 Å². The van der Waals surface area contributed by atoms with Gasteiger partial charge in [0.1, 0.15) is 11.6 Å². The van der Waals surface area contributed by atoms with Crippen LogP contribution in [-0.2, 0) is 9.59 Å². The summed E-state index contributed by atoms with van der Waals surface area (Å²) in [7, 11) is 0. The van der Waals surface area contributed by atoms with E-state index in [0.29, 0.717) is 0 Å². The molecule has 1 fully saturated rings. The number of Topliss-reactive ketones (excluding diaryl/α,β-unsaturated/α-hetero) is 1. The fourth-order valence-corrected chi connectivity index (χ4v) is 3.78. The molecule has 144 valence electrons. The summed E-state index contributed by atoms with van der Waals surface area (Å²) in [5, 5.41) is 12.8. The first kappa shape index (κ1) is 18.6. The highest BCUT2D eigenvalue weighted by atomic mass is 19.1. The zero-order chi connectivity index (χ0) is 20.5. The second kappa shape index (κ2) is 7.36. The Morgan fingerprint density at radius 3 is 2.45 bits per heavy atom. The van der Waals surface area contributed by atoms with Crippen molar-refractivity contribution in [2.45, 2.75) is 6.04 Å². The van der Waals surface area contributed by atoms with Crippen molar-refractivity contribution in [2.75, 3.05) is 6.54 Å². The van der Waals surface area contributed by atoms with Crippen LogP contribution in [0.2, 0.25) is 0 Å². The van der Waals surface area contributed by atoms with Crippen LogP contribution in [0.15, 0.2) is 85.0 Å². The quantitative estimate of drug-likeness (QED) is 0.308. The van der Waals surface area contributed by atoms with Gasteiger partial charge in [0.05, 0.1) is 11.6 Å². The van der Waals surface area contributed by atoms with Gasteiger partial charge in [0.25, 0.3) is 11.7 Å². The lowest BCUT2D eigenvalue weighted by atomic mass is 9.91. The molecule has 1 amide bonds. The Balaban J connectivity index is 1.98. The average molecular weight is 387 g/mol. The van der Waals surface area contributed by atoms with Gasteiger partial charge in [0.2, 0.25) is 0 Å². The number of halogens is 1. The molecule has 4 rings (SSSR count). The predicted molar refractivity (Wildman–Crippen MR) is 110 cm³/mol. The molecule has 0 bridgehead atoms. The number of likely N-dealkylation sites (tertiary alicyclic amines) is 1. The van der Waals surface area contributed by atoms with E-state index in [1.807, 2.05) is 42.5 Å². The summed E-state index contributed by atoms with van der Waals surface area (Å²) in [6.07, 6.45) is 1.54. The number of aliphatic hydroxyl groups excluding tert-OH is 1. The zero-order valence-corrected chi connectivity index (χ0v) is 15.5. The van der Waals surface area contributed by atoms with E-state index in [1.54, 1.807) is 6.08 Å². The van der Waals surface area contributed by atoms with Gasteiger partial charge in [-0.05, 0) is 40.6 Å². The van der Waals surface area contributed by atoms with Gasteiger partial charge in [-0.1, -0.05) is 48.5 Å². The number of hydrogen-bond donors (Lipinski definition) is 1. The van der Waals surface area contributed by atoms with Crippen LogP contribution < -0.4 is 0 Å². The molecule has 1 heterocycles. The van der Waals surface area contributed by atoms with E-state index in [9.17, 15) is 19.1 Å². The Morgan fingerprint density at radius 2 is 1.72 bits per heavy atom. The molecule has 1 N–H and O–H groups in total. The highest BCUT2D eigenvalue weighted by Crippen LogP contribution is 2.41. The first-order chi connectivity index (χ1) is 14.0. The number of carbonyl (C=O) groups is 2. The smallest absolute Gasteiger partial charge is 0.295 e. The molecule has 0 aliphatic carbocycles. The van der Waals surface area contributed by atoms with Gasteiger partial charge in [-0.25, -0.2) is 4.39 Å². The van der Waals surface area contributed by atoms with E-state index in [1.165, 1.54) is 29.2 Å². The van der Waals surface area contributed by atoms with Crippen molar-refractivity contribution >= 4 is 28.2 Å². The molecule has 0 aromatic heterocycles. The number of ketones is 1. The Kier molecular flexibility index (Phi) is 4.72. The lowest BCUT2D eigenvalue weighted by molar-refractivity contribution is -0.139. The standard InChI is InChI=1S/C24H18FNO3/c1-2-14-26-21(19-9-5-7-15-6-3-4-8-18(15)19)20(23(28)24(26)29)22(27)16-10-12-17(25)13-11-16/h2-13,21,27H,1,14H2/b22-20-. The second-order valence-electron chi connectivity index (χ2n) is 6.82. The van der Waals surface area contributed by atoms with Gasteiger partial charge in [-0.15, -0.1) is 6.58 Å². The third-order valence-corrected chi connectivity index (χ3v) is 5.10. The van der Waals surface area contributed by atoms with E-state index in [-0.39, 0.29) is 23.4 Å². The van der Waals surface area contributed by atoms with Crippen molar-refractivity contribution in [3.63, 3.8) is 0 Å². The molecule has 29 heavy (non-hydrogen) atoms. The molecule has 0 spiro atoms. The third-order valence-electron chi connectivity index (χ3n) is 5.10. The average Bonchev–Trinajstić information content (AvgIpc) is 2.98. The Hall–Kier alpha value is -3.73. The fraction of sp³-hybridized carbons (Fsp3) is 0.0833. The number of hydrogen-bond acceptors (Lipinski definition) is 3. The molecule has 0 saturated carbocycles. The summed E-state index contributed by atoms with van der Waals surface area (Å²) in [5.74, 6) is -2.26. The number of benzene rings is 3. The number of nitrogens with zero attached hydrogens (tertiary/aromatic N) is 1. The van der Waals surface area contributed by atoms with Crippen LogP contribution in [0, 0.1) is 5.82 Å². The Morgan fingerprint density at radius 1 is 1.03 bits per heavy atom. The lowest BCUT2D eigenvalue weighted by Gasteiger charge is -2.25. The normalized spacial score (nSPS) is 18.4. The van der Waals surface area contributed by atoms with Crippen molar-refractivity contribution in [3.05, 3.63) is 102 Å². The molecule has 1 aliphatic rings. The fourth-order valence-electron chi connectivity index (χ4n) is 3.78. The number of amides is 1. The summed E-state index contributed by atoms with van der Waals surface area (Å²) in [4.78, 5) is 27.0. The summed E-state index contributed by atoms with van der Waals surface area (Å²) < 4.78 is 13.3. The van der Waals surface area contributed by atoms with Gasteiger partial charge in [-0.3, -0.25) is 9.59 Å². The van der Waals surface area contributed by atoms with Crippen LogP contribution in [0.1, 0.15) is 17.2 Å². The zero-order valence-electron chi connectivity index (χ0n) is 15.5. The largest absolute Gasteiger partial charge is 0.507 e. The molecule has 3 aromatic rings. The molecule has 3 aromatic carbocycles. The predicted octanol–water partition coefficient (Wildman–Crippen LogP) is 4.59. The third kappa shape index (κ3) is 3.10. The van der Waals surface area contributed by atoms with Crippen LogP contribution in [-0.4, -0.2) is 28.2 Å². The van der Waals surface area contributed by atoms with Crippen molar-refractivity contribution in [1.82, 2.24) is 4.90 Å². The summed E-state index contributed by atoms with van der Waals surface area (Å²) in [5.41, 5.74) is 0.987. The molecule has 4 nitrogen and oxygen atoms in total. The van der Waals surface area contributed by atoms with E-state index in [0.717, 1.165) is 16.3 Å². The molecular weight excluding hydrogens is 369 g/mol. The van der Waals surface area contributed by atoms with Gasteiger partial charge in [-0.2, -0.15) is 0 Å². The van der Waals surface area contributed by atoms with E-state index in [4.69, 9.17) is 0 Å². The molecule has 1 atom stereocenters. The molecule has 1 aliphatic heterocycles. The Labute approximate surface area is 167 Å². The number of rotatable bonds is 4. The van der Waals surface area contributed by atoms with Crippen LogP contribution in [0.3, 0.4) is 0 Å². The van der Waals surface area contributed by atoms with Crippen LogP contribution in [0.5, 0.6) is 0 Å². The van der Waals surface area contributed by atoms with E-state index in [2.05, 4.69) is 6.58 Å². The highest BCUT2D eigenvalue weighted by Gasteiger charge is 2.46. The second-order valence-corrected chi connectivity index (χ2v) is 6.82. The first-order valence-corrected chi connectivity index (χ1v) is 9.16. The number of fused-ring (bicyclic) bond motifs is 1.